The number of carbonyl (C=O) groups is 3. The van der Waals surface area contributed by atoms with Gasteiger partial charge in [-0.15, -0.1) is 0 Å². The van der Waals surface area contributed by atoms with Gasteiger partial charge in [-0.3, -0.25) is 19.3 Å². The Bertz CT molecular complexity index is 450. The molecule has 3 amide bonds. The van der Waals surface area contributed by atoms with Crippen LogP contribution in [-0.2, 0) is 14.4 Å². The summed E-state index contributed by atoms with van der Waals surface area (Å²) >= 11 is 0. The number of nitrogens with one attached hydrogen (secondary N) is 1. The van der Waals surface area contributed by atoms with Crippen LogP contribution in [0.5, 0.6) is 0 Å². The van der Waals surface area contributed by atoms with Crippen molar-refractivity contribution in [2.45, 2.75) is 25.8 Å². The first-order chi connectivity index (χ1) is 8.58. The van der Waals surface area contributed by atoms with Crippen molar-refractivity contribution in [3.05, 3.63) is 24.2 Å². The Morgan fingerprint density at radius 2 is 2.11 bits per heavy atom. The quantitative estimate of drug-likeness (QED) is 0.794. The van der Waals surface area contributed by atoms with E-state index in [0.29, 0.717) is 5.76 Å². The third-order valence-corrected chi connectivity index (χ3v) is 2.80. The summed E-state index contributed by atoms with van der Waals surface area (Å²) in [6.07, 6.45) is 1.91. The van der Waals surface area contributed by atoms with Gasteiger partial charge in [-0.25, -0.2) is 0 Å². The van der Waals surface area contributed by atoms with Gasteiger partial charge in [-0.2, -0.15) is 0 Å². The molecule has 18 heavy (non-hydrogen) atoms. The Morgan fingerprint density at radius 3 is 2.67 bits per heavy atom. The second-order valence-electron chi connectivity index (χ2n) is 4.18. The van der Waals surface area contributed by atoms with E-state index in [0.717, 1.165) is 4.90 Å². The maximum absolute atomic E-state index is 11.7. The summed E-state index contributed by atoms with van der Waals surface area (Å²) in [5, 5.41) is 2.67. The van der Waals surface area contributed by atoms with E-state index in [1.807, 2.05) is 0 Å². The summed E-state index contributed by atoms with van der Waals surface area (Å²) in [7, 11) is 0. The SMILES string of the molecule is C[C@H](NC(=O)CN1C(=O)CCC1=O)c1ccco1. The highest BCUT2D eigenvalue weighted by atomic mass is 16.3. The van der Waals surface area contributed by atoms with E-state index in [1.165, 1.54) is 6.26 Å². The average Bonchev–Trinajstić information content (AvgIpc) is 2.94. The fraction of sp³-hybridized carbons (Fsp3) is 0.417. The Kier molecular flexibility index (Phi) is 3.45. The van der Waals surface area contributed by atoms with Crippen molar-refractivity contribution in [3.8, 4) is 0 Å². The summed E-state index contributed by atoms with van der Waals surface area (Å²) in [5.41, 5.74) is 0. The maximum Gasteiger partial charge on any atom is 0.240 e. The van der Waals surface area contributed by atoms with Crippen LogP contribution in [0.15, 0.2) is 22.8 Å². The van der Waals surface area contributed by atoms with Gasteiger partial charge in [-0.05, 0) is 19.1 Å². The third-order valence-electron chi connectivity index (χ3n) is 2.80. The van der Waals surface area contributed by atoms with Crippen LogP contribution in [-0.4, -0.2) is 29.2 Å². The van der Waals surface area contributed by atoms with Gasteiger partial charge in [0.2, 0.25) is 17.7 Å². The molecule has 2 rings (SSSR count). The number of nitrogens with zero attached hydrogens (tertiary/aromatic N) is 1. The van der Waals surface area contributed by atoms with Crippen molar-refractivity contribution in [1.82, 2.24) is 10.2 Å². The van der Waals surface area contributed by atoms with E-state index in [9.17, 15) is 14.4 Å². The lowest BCUT2D eigenvalue weighted by Gasteiger charge is -2.16. The van der Waals surface area contributed by atoms with Crippen LogP contribution in [0.4, 0.5) is 0 Å². The van der Waals surface area contributed by atoms with E-state index in [4.69, 9.17) is 4.42 Å². The predicted molar refractivity (Wildman–Crippen MR) is 61.2 cm³/mol. The van der Waals surface area contributed by atoms with Gasteiger partial charge in [0, 0.05) is 12.8 Å². The van der Waals surface area contributed by atoms with Gasteiger partial charge >= 0.3 is 0 Å². The topological polar surface area (TPSA) is 79.6 Å². The first kappa shape index (κ1) is 12.3. The first-order valence-electron chi connectivity index (χ1n) is 5.74. The van der Waals surface area contributed by atoms with Gasteiger partial charge in [0.1, 0.15) is 12.3 Å². The molecule has 1 atom stereocenters. The number of hydrogen-bond acceptors (Lipinski definition) is 4. The highest BCUT2D eigenvalue weighted by Gasteiger charge is 2.30. The predicted octanol–water partition coefficient (Wildman–Crippen LogP) is 0.606. The standard InChI is InChI=1S/C12H14N2O4/c1-8(9-3-2-6-18-9)13-10(15)7-14-11(16)4-5-12(14)17/h2-3,6,8H,4-5,7H2,1H3,(H,13,15)/t8-/m0/s1. The molecule has 1 aromatic heterocycles. The monoisotopic (exact) mass is 250 g/mol. The molecule has 6 nitrogen and oxygen atoms in total. The van der Waals surface area contributed by atoms with Crippen LogP contribution in [0, 0.1) is 0 Å². The second kappa shape index (κ2) is 5.03. The first-order valence-corrected chi connectivity index (χ1v) is 5.74. The molecule has 0 unspecified atom stereocenters. The van der Waals surface area contributed by atoms with Crippen LogP contribution in [0.3, 0.4) is 0 Å². The van der Waals surface area contributed by atoms with Crippen LogP contribution < -0.4 is 5.32 Å². The molecule has 1 saturated heterocycles. The van der Waals surface area contributed by atoms with Gasteiger partial charge in [0.15, 0.2) is 0 Å². The number of likely N-dealkylation sites (tertiary alicyclic amines) is 1. The minimum absolute atomic E-state index is 0.194. The van der Waals surface area contributed by atoms with E-state index < -0.39 is 0 Å². The molecule has 0 radical (unpaired) electrons. The summed E-state index contributed by atoms with van der Waals surface area (Å²) in [5.74, 6) is -0.327. The van der Waals surface area contributed by atoms with E-state index in [-0.39, 0.29) is 43.1 Å². The van der Waals surface area contributed by atoms with Gasteiger partial charge in [-0.1, -0.05) is 0 Å². The van der Waals surface area contributed by atoms with Crippen molar-refractivity contribution in [2.24, 2.45) is 0 Å². The zero-order valence-corrected chi connectivity index (χ0v) is 10.0. The lowest BCUT2D eigenvalue weighted by Crippen LogP contribution is -2.40. The van der Waals surface area contributed by atoms with Crippen LogP contribution in [0.25, 0.3) is 0 Å². The number of hydrogen-bond donors (Lipinski definition) is 1. The molecule has 1 aliphatic heterocycles. The second-order valence-corrected chi connectivity index (χ2v) is 4.18. The van der Waals surface area contributed by atoms with Gasteiger partial charge < -0.3 is 9.73 Å². The maximum atomic E-state index is 11.7. The number of imide groups is 1. The molecule has 1 fully saturated rings. The van der Waals surface area contributed by atoms with Crippen LogP contribution in [0.1, 0.15) is 31.6 Å². The number of rotatable bonds is 4. The summed E-state index contributed by atoms with van der Waals surface area (Å²) < 4.78 is 5.15. The van der Waals surface area contributed by atoms with E-state index >= 15 is 0 Å². The largest absolute Gasteiger partial charge is 0.467 e. The normalized spacial score (nSPS) is 17.1. The molecule has 0 spiro atoms. The fourth-order valence-corrected chi connectivity index (χ4v) is 1.84. The summed E-state index contributed by atoms with van der Waals surface area (Å²) in [6, 6.07) is 3.18. The molecule has 0 aromatic carbocycles. The van der Waals surface area contributed by atoms with Crippen LogP contribution >= 0.6 is 0 Å². The molecule has 1 aromatic rings. The van der Waals surface area contributed by atoms with Crippen molar-refractivity contribution < 1.29 is 18.8 Å². The van der Waals surface area contributed by atoms with Crippen molar-refractivity contribution >= 4 is 17.7 Å². The highest BCUT2D eigenvalue weighted by molar-refractivity contribution is 6.04. The fourth-order valence-electron chi connectivity index (χ4n) is 1.84. The average molecular weight is 250 g/mol. The Morgan fingerprint density at radius 1 is 1.44 bits per heavy atom. The van der Waals surface area contributed by atoms with Gasteiger partial charge in [0.25, 0.3) is 0 Å². The van der Waals surface area contributed by atoms with E-state index in [1.54, 1.807) is 19.1 Å². The minimum Gasteiger partial charge on any atom is -0.467 e. The molecule has 2 heterocycles. The molecule has 0 aliphatic carbocycles. The summed E-state index contributed by atoms with van der Waals surface area (Å²) in [6.45, 7) is 1.55. The van der Waals surface area contributed by atoms with Crippen molar-refractivity contribution in [3.63, 3.8) is 0 Å². The summed E-state index contributed by atoms with van der Waals surface area (Å²) in [4.78, 5) is 35.4. The number of amides is 3. The number of furan rings is 1. The third kappa shape index (κ3) is 2.58. The lowest BCUT2D eigenvalue weighted by atomic mass is 10.2. The Balaban J connectivity index is 1.89. The molecular formula is C12H14N2O4. The van der Waals surface area contributed by atoms with E-state index in [2.05, 4.69) is 5.32 Å². The van der Waals surface area contributed by atoms with Crippen molar-refractivity contribution in [2.75, 3.05) is 6.54 Å². The van der Waals surface area contributed by atoms with Gasteiger partial charge in [0.05, 0.1) is 12.3 Å². The highest BCUT2D eigenvalue weighted by Crippen LogP contribution is 2.13. The lowest BCUT2D eigenvalue weighted by molar-refractivity contribution is -0.142. The van der Waals surface area contributed by atoms with Crippen molar-refractivity contribution in [1.29, 1.82) is 0 Å². The molecule has 6 heteroatoms. The molecular weight excluding hydrogens is 236 g/mol. The Labute approximate surface area is 104 Å². The molecule has 96 valence electrons. The smallest absolute Gasteiger partial charge is 0.240 e. The minimum atomic E-state index is -0.373. The zero-order chi connectivity index (χ0) is 13.1. The Hall–Kier alpha value is -2.11. The molecule has 0 bridgehead atoms. The zero-order valence-electron chi connectivity index (χ0n) is 10.0. The van der Waals surface area contributed by atoms with Crippen LogP contribution in [0.2, 0.25) is 0 Å². The molecule has 1 aliphatic rings. The number of carbonyl (C=O) groups excluding carboxylic acids is 3. The molecule has 0 saturated carbocycles. The molecule has 1 N–H and O–H groups in total.